The fraction of sp³-hybridized carbons (Fsp3) is 0.351. The van der Waals surface area contributed by atoms with E-state index in [0.29, 0.717) is 40.4 Å². The molecule has 302 valence electrons. The van der Waals surface area contributed by atoms with Crippen molar-refractivity contribution < 1.29 is 40.6 Å². The molecule has 4 heterocycles. The number of hydrogen-bond donors (Lipinski definition) is 2. The number of sulfonamides is 2. The van der Waals surface area contributed by atoms with Gasteiger partial charge in [0.05, 0.1) is 32.2 Å². The number of nitrogens with one attached hydrogen (secondary N) is 2. The van der Waals surface area contributed by atoms with Crippen LogP contribution in [0.2, 0.25) is 0 Å². The number of thiazole rings is 2. The number of ether oxygens (including phenoxy) is 3. The zero-order valence-electron chi connectivity index (χ0n) is 31.4. The number of esters is 2. The first-order valence-electron chi connectivity index (χ1n) is 17.4. The van der Waals surface area contributed by atoms with Gasteiger partial charge in [-0.1, -0.05) is 113 Å². The minimum absolute atomic E-state index is 0.0783. The fourth-order valence-corrected chi connectivity index (χ4v) is 13.0. The molecule has 4 aromatic heterocycles. The van der Waals surface area contributed by atoms with E-state index in [4.69, 9.17) is 14.2 Å². The average molecular weight is 920 g/mol. The van der Waals surface area contributed by atoms with Crippen molar-refractivity contribution >= 4 is 80.5 Å². The Labute approximate surface area is 345 Å². The van der Waals surface area contributed by atoms with Crippen molar-refractivity contribution in [2.24, 2.45) is 0 Å². The van der Waals surface area contributed by atoms with Gasteiger partial charge in [0.2, 0.25) is 0 Å². The molecular formula is C37H39BrN6O9S4. The smallest absolute Gasteiger partial charge is 0.328 e. The van der Waals surface area contributed by atoms with Crippen LogP contribution in [0.3, 0.4) is 0 Å². The van der Waals surface area contributed by atoms with E-state index < -0.39 is 53.9 Å². The largest absolute Gasteiger partial charge is 0.468 e. The first kappa shape index (κ1) is 41.2. The molecule has 2 N–H and O–H groups in total. The van der Waals surface area contributed by atoms with Crippen LogP contribution in [0.15, 0.2) is 93.9 Å². The minimum Gasteiger partial charge on any atom is -0.468 e. The highest BCUT2D eigenvalue weighted by atomic mass is 79.9. The van der Waals surface area contributed by atoms with E-state index in [9.17, 15) is 26.4 Å². The van der Waals surface area contributed by atoms with Crippen molar-refractivity contribution in [3.63, 3.8) is 0 Å². The number of fused-ring (bicyclic) bond motifs is 2. The number of carbonyl (C=O) groups excluding carboxylic acids is 2. The number of alkyl halides is 1. The number of carbonyl (C=O) groups is 2. The third-order valence-electron chi connectivity index (χ3n) is 10.7. The summed E-state index contributed by atoms with van der Waals surface area (Å²) >= 11 is 5.41. The average Bonchev–Trinajstić information content (AvgIpc) is 3.56. The Morgan fingerprint density at radius 2 is 1.11 bits per heavy atom. The summed E-state index contributed by atoms with van der Waals surface area (Å²) in [5.41, 5.74) is -0.797. The Morgan fingerprint density at radius 3 is 1.47 bits per heavy atom. The van der Waals surface area contributed by atoms with Gasteiger partial charge >= 0.3 is 11.9 Å². The van der Waals surface area contributed by atoms with Gasteiger partial charge in [-0.3, -0.25) is 8.80 Å². The lowest BCUT2D eigenvalue weighted by atomic mass is 9.93. The van der Waals surface area contributed by atoms with E-state index in [1.165, 1.54) is 26.6 Å². The number of methoxy groups -OCH3 is 3. The molecule has 0 spiro atoms. The molecule has 0 radical (unpaired) electrons. The molecule has 0 bridgehead atoms. The predicted octanol–water partition coefficient (Wildman–Crippen LogP) is 4.94. The first-order chi connectivity index (χ1) is 27.0. The van der Waals surface area contributed by atoms with E-state index >= 15 is 0 Å². The molecule has 2 aliphatic rings. The summed E-state index contributed by atoms with van der Waals surface area (Å²) in [6, 6.07) is 18.8. The summed E-state index contributed by atoms with van der Waals surface area (Å²) in [5, 5.41) is 0.586. The van der Waals surface area contributed by atoms with Gasteiger partial charge in [-0.25, -0.2) is 36.4 Å². The van der Waals surface area contributed by atoms with E-state index in [0.717, 1.165) is 39.5 Å². The van der Waals surface area contributed by atoms with Crippen LogP contribution in [-0.4, -0.2) is 80.0 Å². The maximum Gasteiger partial charge on any atom is 0.328 e. The Balaban J connectivity index is 0.000000174. The predicted molar refractivity (Wildman–Crippen MR) is 216 cm³/mol. The third kappa shape index (κ3) is 7.13. The molecule has 0 saturated heterocycles. The van der Waals surface area contributed by atoms with Gasteiger partial charge in [0.1, 0.15) is 11.1 Å². The zero-order valence-corrected chi connectivity index (χ0v) is 36.2. The van der Waals surface area contributed by atoms with E-state index in [1.807, 2.05) is 74.5 Å². The molecular weight excluding hydrogens is 881 g/mol. The molecule has 6 aromatic rings. The monoisotopic (exact) mass is 918 g/mol. The van der Waals surface area contributed by atoms with Crippen molar-refractivity contribution in [2.45, 2.75) is 69.0 Å². The van der Waals surface area contributed by atoms with Gasteiger partial charge in [0.25, 0.3) is 20.0 Å². The molecule has 0 unspecified atom stereocenters. The quantitative estimate of drug-likeness (QED) is 0.118. The van der Waals surface area contributed by atoms with Gasteiger partial charge in [0.15, 0.2) is 18.3 Å². The fourth-order valence-electron chi connectivity index (χ4n) is 7.34. The number of halogens is 1. The third-order valence-corrected chi connectivity index (χ3v) is 17.2. The molecule has 57 heavy (non-hydrogen) atoms. The van der Waals surface area contributed by atoms with Crippen molar-refractivity contribution in [1.82, 2.24) is 28.2 Å². The summed E-state index contributed by atoms with van der Waals surface area (Å²) in [5.74, 6) is -1.19. The van der Waals surface area contributed by atoms with Gasteiger partial charge < -0.3 is 14.2 Å². The van der Waals surface area contributed by atoms with Crippen LogP contribution < -0.4 is 9.44 Å². The van der Waals surface area contributed by atoms with Crippen LogP contribution in [0.25, 0.3) is 9.92 Å². The molecule has 2 aliphatic carbocycles. The zero-order chi connectivity index (χ0) is 41.0. The van der Waals surface area contributed by atoms with Crippen molar-refractivity contribution in [2.75, 3.05) is 21.3 Å². The van der Waals surface area contributed by atoms with Crippen LogP contribution >= 0.6 is 38.6 Å². The van der Waals surface area contributed by atoms with Gasteiger partial charge in [-0.15, -0.1) is 0 Å². The summed E-state index contributed by atoms with van der Waals surface area (Å²) in [6.07, 6.45) is 7.12. The number of rotatable bonds is 13. The Hall–Kier alpha value is -4.02. The number of nitrogens with zero attached hydrogens (tertiary/aromatic N) is 4. The number of benzene rings is 2. The molecule has 8 rings (SSSR count). The lowest BCUT2D eigenvalue weighted by molar-refractivity contribution is -0.145. The lowest BCUT2D eigenvalue weighted by Gasteiger charge is -2.22. The van der Waals surface area contributed by atoms with Crippen LogP contribution in [0.4, 0.5) is 0 Å². The summed E-state index contributed by atoms with van der Waals surface area (Å²) in [4.78, 5) is 35.1. The summed E-state index contributed by atoms with van der Waals surface area (Å²) in [6.45, 7) is 4.07. The topological polar surface area (TPSA) is 189 Å². The number of imidazole rings is 2. The number of aromatic nitrogens is 4. The maximum atomic E-state index is 13.1. The minimum atomic E-state index is -3.97. The molecule has 20 heteroatoms. The highest BCUT2D eigenvalue weighted by molar-refractivity contribution is 9.08. The number of hydrogen-bond acceptors (Lipinski definition) is 13. The second kappa shape index (κ2) is 15.0. The van der Waals surface area contributed by atoms with E-state index in [2.05, 4.69) is 35.3 Å². The standard InChI is InChI=1S/C19H21N3O5S2.C18H18BrN3O4S2/c1-18(13-7-5-4-6-8-13)12-19(18,16(23)27-3)21-29(24,25)15-10-22-9-14(11-26-2)20-17(22)28-15;1-17(12-6-4-3-5-7-12)11-18(17,15(23)26-2)21-28(24,25)14-10-22-9-13(8-19)20-16(22)27-14/h4-10,21H,11-12H2,1-3H3;3-7,9-10,21H,8,11H2,1-2H3/t18-,19-;17-,18-/m11/s1. The van der Waals surface area contributed by atoms with Crippen molar-refractivity contribution in [3.8, 4) is 0 Å². The first-order valence-corrected chi connectivity index (χ1v) is 23.1. The second-order valence-corrected chi connectivity index (χ2v) is 20.7. The van der Waals surface area contributed by atoms with Crippen LogP contribution in [0, 0.1) is 0 Å². The molecule has 15 nitrogen and oxygen atoms in total. The lowest BCUT2D eigenvalue weighted by Crippen LogP contribution is -2.48. The Morgan fingerprint density at radius 1 is 0.702 bits per heavy atom. The van der Waals surface area contributed by atoms with Crippen LogP contribution in [0.1, 0.15) is 49.2 Å². The highest BCUT2D eigenvalue weighted by Gasteiger charge is 2.73. The van der Waals surface area contributed by atoms with Crippen LogP contribution in [0.5, 0.6) is 0 Å². The van der Waals surface area contributed by atoms with Gasteiger partial charge in [-0.2, -0.15) is 9.44 Å². The molecule has 0 aliphatic heterocycles. The van der Waals surface area contributed by atoms with Gasteiger partial charge in [-0.05, 0) is 24.0 Å². The molecule has 4 atom stereocenters. The molecule has 2 fully saturated rings. The molecule has 2 aromatic carbocycles. The van der Waals surface area contributed by atoms with E-state index in [1.54, 1.807) is 28.3 Å². The highest BCUT2D eigenvalue weighted by Crippen LogP contribution is 2.59. The SMILES string of the molecule is COC(=O)[C@]1(NS(=O)(=O)c2cn3cc(CBr)nc3s2)C[C@]1(C)c1ccccc1.COCc1cn2cc(S(=O)(=O)N[C@@]3(C(=O)OC)C[C@]3(C)c3ccccc3)sc2n1. The summed E-state index contributed by atoms with van der Waals surface area (Å²) in [7, 11) is -3.82. The second-order valence-electron chi connectivity index (χ2n) is 14.3. The molecule has 0 amide bonds. The van der Waals surface area contributed by atoms with Crippen molar-refractivity contribution in [1.29, 1.82) is 0 Å². The Kier molecular flexibility index (Phi) is 10.8. The molecule has 2 saturated carbocycles. The Bertz CT molecular complexity index is 2640. The van der Waals surface area contributed by atoms with Gasteiger partial charge in [0, 0.05) is 48.1 Å². The summed E-state index contributed by atoms with van der Waals surface area (Å²) < 4.78 is 76.2. The maximum absolute atomic E-state index is 13.1. The normalized spacial score (nSPS) is 24.2. The van der Waals surface area contributed by atoms with Crippen LogP contribution in [-0.2, 0) is 66.6 Å². The van der Waals surface area contributed by atoms with Crippen molar-refractivity contribution in [3.05, 3.63) is 108 Å². The van der Waals surface area contributed by atoms with E-state index in [-0.39, 0.29) is 8.42 Å².